The molecular weight excluding hydrogens is 356 g/mol. The van der Waals surface area contributed by atoms with E-state index in [1.54, 1.807) is 23.4 Å². The van der Waals surface area contributed by atoms with Gasteiger partial charge in [-0.2, -0.15) is 0 Å². The summed E-state index contributed by atoms with van der Waals surface area (Å²) in [4.78, 5) is 27.7. The number of aromatic nitrogens is 6. The van der Waals surface area contributed by atoms with Gasteiger partial charge in [0.15, 0.2) is 11.5 Å². The van der Waals surface area contributed by atoms with E-state index in [-0.39, 0.29) is 17.8 Å². The fraction of sp³-hybridized carbons (Fsp3) is 0.211. The molecular formula is C19H18N8O. The monoisotopic (exact) mass is 374 g/mol. The van der Waals surface area contributed by atoms with Crippen molar-refractivity contribution in [1.82, 2.24) is 34.4 Å². The van der Waals surface area contributed by atoms with Crippen molar-refractivity contribution in [3.63, 3.8) is 0 Å². The zero-order chi connectivity index (χ0) is 18.9. The largest absolute Gasteiger partial charge is 0.351 e. The van der Waals surface area contributed by atoms with E-state index in [4.69, 9.17) is 0 Å². The minimum absolute atomic E-state index is 0.00759. The summed E-state index contributed by atoms with van der Waals surface area (Å²) in [6.45, 7) is 1.47. The molecule has 9 heteroatoms. The summed E-state index contributed by atoms with van der Waals surface area (Å²) in [6, 6.07) is 9.59. The van der Waals surface area contributed by atoms with Crippen molar-refractivity contribution in [2.75, 3.05) is 18.0 Å². The van der Waals surface area contributed by atoms with E-state index in [1.807, 2.05) is 47.1 Å². The van der Waals surface area contributed by atoms with E-state index in [0.29, 0.717) is 6.54 Å². The van der Waals surface area contributed by atoms with Crippen LogP contribution in [0.1, 0.15) is 17.0 Å². The molecule has 0 unspecified atom stereocenters. The van der Waals surface area contributed by atoms with Gasteiger partial charge in [-0.05, 0) is 18.6 Å². The van der Waals surface area contributed by atoms with Crippen LogP contribution in [-0.2, 0) is 0 Å². The van der Waals surface area contributed by atoms with Crippen LogP contribution in [0.2, 0.25) is 0 Å². The Hall–Kier alpha value is -3.75. The number of nitrogens with zero attached hydrogens (tertiary/aromatic N) is 7. The molecule has 1 fully saturated rings. The first kappa shape index (κ1) is 16.4. The van der Waals surface area contributed by atoms with Crippen LogP contribution in [0.3, 0.4) is 0 Å². The standard InChI is InChI=1S/C19H18N8O/c28-19(16-22-13-27(24-16)15-4-2-1-3-5-15)23-14-6-9-26(12-14)18-17-20-7-10-25(17)11-8-21-18/h1-5,7-8,10-11,13-14H,6,9,12H2,(H,23,28)/t14-/m0/s1. The fourth-order valence-corrected chi connectivity index (χ4v) is 3.46. The fourth-order valence-electron chi connectivity index (χ4n) is 3.46. The Balaban J connectivity index is 1.27. The van der Waals surface area contributed by atoms with E-state index in [0.717, 1.165) is 30.1 Å². The predicted molar refractivity (Wildman–Crippen MR) is 102 cm³/mol. The Bertz CT molecular complexity index is 1120. The normalized spacial score (nSPS) is 16.6. The molecule has 0 radical (unpaired) electrons. The van der Waals surface area contributed by atoms with Gasteiger partial charge in [-0.15, -0.1) is 5.10 Å². The van der Waals surface area contributed by atoms with Crippen LogP contribution < -0.4 is 10.2 Å². The molecule has 1 saturated heterocycles. The first-order valence-electron chi connectivity index (χ1n) is 9.08. The van der Waals surface area contributed by atoms with Crippen molar-refractivity contribution in [1.29, 1.82) is 0 Å². The van der Waals surface area contributed by atoms with Crippen LogP contribution in [0, 0.1) is 0 Å². The van der Waals surface area contributed by atoms with Gasteiger partial charge in [0.1, 0.15) is 6.33 Å². The number of carbonyl (C=O) groups excluding carboxylic acids is 1. The van der Waals surface area contributed by atoms with E-state index in [9.17, 15) is 4.79 Å². The molecule has 140 valence electrons. The summed E-state index contributed by atoms with van der Waals surface area (Å²) >= 11 is 0. The second-order valence-corrected chi connectivity index (χ2v) is 6.66. The second-order valence-electron chi connectivity index (χ2n) is 6.66. The first-order chi connectivity index (χ1) is 13.8. The summed E-state index contributed by atoms with van der Waals surface area (Å²) in [5.41, 5.74) is 1.68. The quantitative estimate of drug-likeness (QED) is 0.579. The van der Waals surface area contributed by atoms with E-state index < -0.39 is 0 Å². The third kappa shape index (κ3) is 2.96. The van der Waals surface area contributed by atoms with E-state index >= 15 is 0 Å². The molecule has 0 spiro atoms. The van der Waals surface area contributed by atoms with E-state index in [2.05, 4.69) is 30.3 Å². The number of hydrogen-bond donors (Lipinski definition) is 1. The van der Waals surface area contributed by atoms with Gasteiger partial charge in [-0.3, -0.25) is 4.79 Å². The topological polar surface area (TPSA) is 93.2 Å². The van der Waals surface area contributed by atoms with Gasteiger partial charge in [0, 0.05) is 43.9 Å². The number of carbonyl (C=O) groups is 1. The number of fused-ring (bicyclic) bond motifs is 1. The second kappa shape index (κ2) is 6.76. The minimum Gasteiger partial charge on any atom is -0.351 e. The number of rotatable bonds is 4. The number of imidazole rings is 1. The van der Waals surface area contributed by atoms with Crippen molar-refractivity contribution >= 4 is 17.4 Å². The Morgan fingerprint density at radius 3 is 2.75 bits per heavy atom. The SMILES string of the molecule is O=C(N[C@H]1CCN(c2nccn3ccnc23)C1)c1ncn(-c2ccccc2)n1. The van der Waals surface area contributed by atoms with Gasteiger partial charge in [0.2, 0.25) is 5.82 Å². The summed E-state index contributed by atoms with van der Waals surface area (Å²) in [7, 11) is 0. The molecule has 5 rings (SSSR count). The number of amides is 1. The molecule has 4 heterocycles. The maximum Gasteiger partial charge on any atom is 0.291 e. The Kier molecular flexibility index (Phi) is 3.97. The molecule has 1 atom stereocenters. The van der Waals surface area contributed by atoms with Crippen LogP contribution in [0.5, 0.6) is 0 Å². The van der Waals surface area contributed by atoms with E-state index in [1.165, 1.54) is 0 Å². The minimum atomic E-state index is -0.270. The molecule has 1 aliphatic heterocycles. The molecule has 28 heavy (non-hydrogen) atoms. The Morgan fingerprint density at radius 2 is 1.89 bits per heavy atom. The lowest BCUT2D eigenvalue weighted by molar-refractivity contribution is 0.0930. The van der Waals surface area contributed by atoms with Crippen molar-refractivity contribution in [3.8, 4) is 5.69 Å². The molecule has 3 aromatic heterocycles. The molecule has 0 saturated carbocycles. The number of benzene rings is 1. The number of anilines is 1. The van der Waals surface area contributed by atoms with Gasteiger partial charge in [0.05, 0.1) is 5.69 Å². The van der Waals surface area contributed by atoms with Gasteiger partial charge in [0.25, 0.3) is 5.91 Å². The predicted octanol–water partition coefficient (Wildman–Crippen LogP) is 1.32. The number of hydrogen-bond acceptors (Lipinski definition) is 6. The van der Waals surface area contributed by atoms with Crippen molar-refractivity contribution < 1.29 is 4.79 Å². The molecule has 9 nitrogen and oxygen atoms in total. The summed E-state index contributed by atoms with van der Waals surface area (Å²) < 4.78 is 3.53. The van der Waals surface area contributed by atoms with Crippen molar-refractivity contribution in [2.45, 2.75) is 12.5 Å². The molecule has 4 aromatic rings. The molecule has 0 aliphatic carbocycles. The van der Waals surface area contributed by atoms with Gasteiger partial charge in [-0.25, -0.2) is 19.6 Å². The van der Waals surface area contributed by atoms with Gasteiger partial charge < -0.3 is 14.6 Å². The number of para-hydroxylation sites is 1. The van der Waals surface area contributed by atoms with Gasteiger partial charge >= 0.3 is 0 Å². The van der Waals surface area contributed by atoms with Crippen LogP contribution in [0.25, 0.3) is 11.3 Å². The maximum absolute atomic E-state index is 12.6. The highest BCUT2D eigenvalue weighted by atomic mass is 16.2. The highest BCUT2D eigenvalue weighted by Gasteiger charge is 2.27. The third-order valence-electron chi connectivity index (χ3n) is 4.83. The zero-order valence-corrected chi connectivity index (χ0v) is 15.0. The molecule has 1 N–H and O–H groups in total. The lowest BCUT2D eigenvalue weighted by Crippen LogP contribution is -2.37. The summed E-state index contributed by atoms with van der Waals surface area (Å²) in [5.74, 6) is 0.722. The summed E-state index contributed by atoms with van der Waals surface area (Å²) in [6.07, 6.45) is 9.66. The molecule has 1 amide bonds. The highest BCUT2D eigenvalue weighted by Crippen LogP contribution is 2.22. The first-order valence-corrected chi connectivity index (χ1v) is 9.08. The Morgan fingerprint density at radius 1 is 1.07 bits per heavy atom. The van der Waals surface area contributed by atoms with Crippen molar-refractivity contribution in [2.24, 2.45) is 0 Å². The third-order valence-corrected chi connectivity index (χ3v) is 4.83. The average Bonchev–Trinajstić information content (AvgIpc) is 3.48. The van der Waals surface area contributed by atoms with Crippen molar-refractivity contribution in [3.05, 3.63) is 67.3 Å². The maximum atomic E-state index is 12.6. The highest BCUT2D eigenvalue weighted by molar-refractivity contribution is 5.90. The smallest absolute Gasteiger partial charge is 0.291 e. The van der Waals surface area contributed by atoms with Crippen LogP contribution in [-0.4, -0.2) is 54.2 Å². The van der Waals surface area contributed by atoms with Crippen LogP contribution >= 0.6 is 0 Å². The van der Waals surface area contributed by atoms with Crippen LogP contribution in [0.4, 0.5) is 5.82 Å². The lowest BCUT2D eigenvalue weighted by Gasteiger charge is -2.18. The summed E-state index contributed by atoms with van der Waals surface area (Å²) in [5, 5.41) is 7.32. The average molecular weight is 374 g/mol. The zero-order valence-electron chi connectivity index (χ0n) is 15.0. The Labute approximate surface area is 160 Å². The van der Waals surface area contributed by atoms with Gasteiger partial charge in [-0.1, -0.05) is 18.2 Å². The van der Waals surface area contributed by atoms with Crippen LogP contribution in [0.15, 0.2) is 61.4 Å². The lowest BCUT2D eigenvalue weighted by atomic mass is 10.2. The molecule has 1 aromatic carbocycles. The molecule has 0 bridgehead atoms. The molecule has 1 aliphatic rings. The number of nitrogens with one attached hydrogen (secondary N) is 1.